The first-order valence-electron chi connectivity index (χ1n) is 6.08. The molecule has 1 aromatic heterocycles. The van der Waals surface area contributed by atoms with Gasteiger partial charge in [0.05, 0.1) is 0 Å². The van der Waals surface area contributed by atoms with Crippen molar-refractivity contribution < 1.29 is 0 Å². The van der Waals surface area contributed by atoms with Gasteiger partial charge in [0, 0.05) is 11.6 Å². The van der Waals surface area contributed by atoms with Crippen LogP contribution < -0.4 is 0 Å². The van der Waals surface area contributed by atoms with Gasteiger partial charge in [-0.3, -0.25) is 0 Å². The predicted molar refractivity (Wildman–Crippen MR) is 82.9 cm³/mol. The van der Waals surface area contributed by atoms with Crippen LogP contribution in [-0.2, 0) is 0 Å². The number of hydrogen-bond acceptors (Lipinski definition) is 2. The smallest absolute Gasteiger partial charge is 0.162 e. The number of hydrogen-bond donors (Lipinski definition) is 0. The summed E-state index contributed by atoms with van der Waals surface area (Å²) in [4.78, 5) is 8.35. The van der Waals surface area contributed by atoms with Crippen LogP contribution in [-0.4, -0.2) is 9.97 Å². The van der Waals surface area contributed by atoms with Gasteiger partial charge in [0.1, 0.15) is 10.3 Å². The summed E-state index contributed by atoms with van der Waals surface area (Å²) >= 11 is 11.8. The van der Waals surface area contributed by atoms with Gasteiger partial charge in [0.25, 0.3) is 0 Å². The van der Waals surface area contributed by atoms with Crippen LogP contribution in [0.5, 0.6) is 0 Å². The fourth-order valence-electron chi connectivity index (χ4n) is 1.96. The van der Waals surface area contributed by atoms with Crippen molar-refractivity contribution in [1.82, 2.24) is 9.97 Å². The minimum atomic E-state index is 0.340. The summed E-state index contributed by atoms with van der Waals surface area (Å²) in [5.41, 5.74) is 3.20. The Kier molecular flexibility index (Phi) is 3.68. The zero-order valence-electron chi connectivity index (χ0n) is 10.4. The van der Waals surface area contributed by atoms with Crippen molar-refractivity contribution in [1.29, 1.82) is 0 Å². The van der Waals surface area contributed by atoms with Crippen LogP contribution in [0, 0.1) is 0 Å². The molecule has 0 aliphatic carbocycles. The Labute approximate surface area is 127 Å². The van der Waals surface area contributed by atoms with Gasteiger partial charge >= 0.3 is 0 Å². The van der Waals surface area contributed by atoms with Gasteiger partial charge in [-0.25, -0.2) is 9.97 Å². The lowest BCUT2D eigenvalue weighted by Gasteiger charge is -2.04. The van der Waals surface area contributed by atoms with E-state index in [2.05, 4.69) is 22.1 Å². The molecule has 0 saturated heterocycles. The van der Waals surface area contributed by atoms with Gasteiger partial charge in [-0.15, -0.1) is 0 Å². The van der Waals surface area contributed by atoms with E-state index < -0.39 is 0 Å². The largest absolute Gasteiger partial charge is 0.216 e. The Hall–Kier alpha value is -1.90. The molecule has 3 aromatic rings. The van der Waals surface area contributed by atoms with Crippen molar-refractivity contribution in [2.75, 3.05) is 0 Å². The molecule has 3 rings (SSSR count). The second-order valence-electron chi connectivity index (χ2n) is 4.28. The van der Waals surface area contributed by atoms with Crippen molar-refractivity contribution in [2.45, 2.75) is 0 Å². The summed E-state index contributed by atoms with van der Waals surface area (Å²) in [6.07, 6.45) is 0. The Bertz CT molecular complexity index is 705. The normalized spacial score (nSPS) is 10.5. The molecule has 20 heavy (non-hydrogen) atoms. The van der Waals surface area contributed by atoms with E-state index in [4.69, 9.17) is 23.2 Å². The lowest BCUT2D eigenvalue weighted by molar-refractivity contribution is 1.18. The first kappa shape index (κ1) is 13.1. The average Bonchev–Trinajstić information content (AvgIpc) is 2.47. The summed E-state index contributed by atoms with van der Waals surface area (Å²) in [5, 5.41) is 0.680. The standard InChI is InChI=1S/C16H10Cl2N2/c17-14-10-15(18)20-16(19-14)13-8-6-12(7-9-13)11-4-2-1-3-5-11/h1-10H. The van der Waals surface area contributed by atoms with E-state index in [1.165, 1.54) is 11.6 Å². The maximum atomic E-state index is 5.89. The topological polar surface area (TPSA) is 25.8 Å². The van der Waals surface area contributed by atoms with Crippen LogP contribution in [0.15, 0.2) is 60.7 Å². The molecule has 98 valence electrons. The second kappa shape index (κ2) is 5.61. The number of benzene rings is 2. The van der Waals surface area contributed by atoms with Crippen molar-refractivity contribution in [3.63, 3.8) is 0 Å². The average molecular weight is 301 g/mol. The van der Waals surface area contributed by atoms with E-state index in [1.807, 2.05) is 42.5 Å². The first-order valence-corrected chi connectivity index (χ1v) is 6.84. The van der Waals surface area contributed by atoms with E-state index in [9.17, 15) is 0 Å². The van der Waals surface area contributed by atoms with Crippen LogP contribution in [0.2, 0.25) is 10.3 Å². The summed E-state index contributed by atoms with van der Waals surface area (Å²) < 4.78 is 0. The highest BCUT2D eigenvalue weighted by Gasteiger charge is 2.05. The van der Waals surface area contributed by atoms with Gasteiger partial charge in [-0.2, -0.15) is 0 Å². The summed E-state index contributed by atoms with van der Waals surface area (Å²) in [6.45, 7) is 0. The van der Waals surface area contributed by atoms with Crippen LogP contribution in [0.4, 0.5) is 0 Å². The summed E-state index contributed by atoms with van der Waals surface area (Å²) in [7, 11) is 0. The molecule has 2 aromatic carbocycles. The van der Waals surface area contributed by atoms with Gasteiger partial charge in [-0.1, -0.05) is 77.8 Å². The fraction of sp³-hybridized carbons (Fsp3) is 0. The molecule has 1 heterocycles. The second-order valence-corrected chi connectivity index (χ2v) is 5.05. The van der Waals surface area contributed by atoms with E-state index in [-0.39, 0.29) is 0 Å². The van der Waals surface area contributed by atoms with Gasteiger partial charge in [0.2, 0.25) is 0 Å². The molecule has 4 heteroatoms. The van der Waals surface area contributed by atoms with Crippen molar-refractivity contribution in [2.24, 2.45) is 0 Å². The quantitative estimate of drug-likeness (QED) is 0.614. The van der Waals surface area contributed by atoms with Crippen molar-refractivity contribution in [3.05, 3.63) is 71.0 Å². The van der Waals surface area contributed by atoms with Crippen LogP contribution in [0.1, 0.15) is 0 Å². The molecule has 0 fully saturated rings. The van der Waals surface area contributed by atoms with E-state index in [0.717, 1.165) is 11.1 Å². The van der Waals surface area contributed by atoms with Crippen LogP contribution in [0.25, 0.3) is 22.5 Å². The molecule has 0 unspecified atom stereocenters. The highest BCUT2D eigenvalue weighted by atomic mass is 35.5. The molecule has 0 saturated carbocycles. The van der Waals surface area contributed by atoms with E-state index in [0.29, 0.717) is 16.1 Å². The molecule has 0 aliphatic heterocycles. The molecule has 0 amide bonds. The molecule has 0 aliphatic rings. The zero-order valence-corrected chi connectivity index (χ0v) is 11.9. The Morgan fingerprint density at radius 2 is 1.10 bits per heavy atom. The predicted octanol–water partition coefficient (Wildman–Crippen LogP) is 5.12. The SMILES string of the molecule is Clc1cc(Cl)nc(-c2ccc(-c3ccccc3)cc2)n1. The van der Waals surface area contributed by atoms with Crippen LogP contribution in [0.3, 0.4) is 0 Å². The molecule has 0 N–H and O–H groups in total. The summed E-state index contributed by atoms with van der Waals surface area (Å²) in [6, 6.07) is 19.7. The van der Waals surface area contributed by atoms with Gasteiger partial charge in [0.15, 0.2) is 5.82 Å². The lowest BCUT2D eigenvalue weighted by Crippen LogP contribution is -1.90. The lowest BCUT2D eigenvalue weighted by atomic mass is 10.0. The molecule has 0 radical (unpaired) electrons. The van der Waals surface area contributed by atoms with E-state index in [1.54, 1.807) is 0 Å². The van der Waals surface area contributed by atoms with Gasteiger partial charge in [-0.05, 0) is 11.1 Å². The Morgan fingerprint density at radius 1 is 0.600 bits per heavy atom. The van der Waals surface area contributed by atoms with Crippen molar-refractivity contribution in [3.8, 4) is 22.5 Å². The highest BCUT2D eigenvalue weighted by molar-refractivity contribution is 6.33. The molecule has 0 bridgehead atoms. The number of nitrogens with zero attached hydrogens (tertiary/aromatic N) is 2. The monoisotopic (exact) mass is 300 g/mol. The minimum absolute atomic E-state index is 0.340. The molecular weight excluding hydrogens is 291 g/mol. The number of aromatic nitrogens is 2. The van der Waals surface area contributed by atoms with Crippen molar-refractivity contribution >= 4 is 23.2 Å². The third kappa shape index (κ3) is 2.82. The van der Waals surface area contributed by atoms with Gasteiger partial charge < -0.3 is 0 Å². The fourth-order valence-corrected chi connectivity index (χ4v) is 2.38. The molecular formula is C16H10Cl2N2. The molecule has 0 spiro atoms. The maximum Gasteiger partial charge on any atom is 0.162 e. The number of halogens is 2. The Morgan fingerprint density at radius 3 is 1.70 bits per heavy atom. The summed E-state index contributed by atoms with van der Waals surface area (Å²) in [5.74, 6) is 0.530. The highest BCUT2D eigenvalue weighted by Crippen LogP contribution is 2.24. The Balaban J connectivity index is 1.97. The maximum absolute atomic E-state index is 5.89. The third-order valence-electron chi connectivity index (χ3n) is 2.91. The number of rotatable bonds is 2. The molecule has 0 atom stereocenters. The zero-order chi connectivity index (χ0) is 13.9. The third-order valence-corrected chi connectivity index (χ3v) is 3.30. The van der Waals surface area contributed by atoms with E-state index >= 15 is 0 Å². The minimum Gasteiger partial charge on any atom is -0.216 e. The first-order chi connectivity index (χ1) is 9.72. The van der Waals surface area contributed by atoms with Crippen LogP contribution >= 0.6 is 23.2 Å². The molecule has 2 nitrogen and oxygen atoms in total.